The number of fused-ring (bicyclic) bond motifs is 1. The number of carboxylic acids is 1. The number of hydrogen-bond acceptors (Lipinski definition) is 5. The minimum absolute atomic E-state index is 0.0870. The Hall–Kier alpha value is -3.00. The summed E-state index contributed by atoms with van der Waals surface area (Å²) in [5, 5.41) is 12.5. The Balaban J connectivity index is 2.00. The highest BCUT2D eigenvalue weighted by atomic mass is 32.1. The van der Waals surface area contributed by atoms with Crippen molar-refractivity contribution in [2.24, 2.45) is 0 Å². The molecule has 2 N–H and O–H groups in total. The lowest BCUT2D eigenvalue weighted by Crippen LogP contribution is -2.32. The number of hydrogen-bond donors (Lipinski definition) is 2. The van der Waals surface area contributed by atoms with E-state index in [0.29, 0.717) is 10.4 Å². The van der Waals surface area contributed by atoms with Crippen LogP contribution < -0.4 is 10.9 Å². The summed E-state index contributed by atoms with van der Waals surface area (Å²) in [6, 6.07) is 5.11. The number of rotatable bonds is 6. The summed E-state index contributed by atoms with van der Waals surface area (Å²) >= 11 is 0.963. The van der Waals surface area contributed by atoms with Gasteiger partial charge in [-0.25, -0.2) is 9.78 Å². The minimum Gasteiger partial charge on any atom is -0.477 e. The van der Waals surface area contributed by atoms with Gasteiger partial charge in [0.25, 0.3) is 5.56 Å². The lowest BCUT2D eigenvalue weighted by Gasteiger charge is -2.18. The highest BCUT2D eigenvalue weighted by Gasteiger charge is 2.23. The Morgan fingerprint density at radius 2 is 1.86 bits per heavy atom. The maximum atomic E-state index is 13.0. The third kappa shape index (κ3) is 3.67. The summed E-state index contributed by atoms with van der Waals surface area (Å²) in [6.45, 7) is 7.26. The summed E-state index contributed by atoms with van der Waals surface area (Å²) < 4.78 is 1.25. The van der Waals surface area contributed by atoms with Crippen LogP contribution >= 0.6 is 11.3 Å². The highest BCUT2D eigenvalue weighted by molar-refractivity contribution is 7.20. The molecule has 0 saturated heterocycles. The lowest BCUT2D eigenvalue weighted by atomic mass is 10.0. The number of amides is 1. The van der Waals surface area contributed by atoms with Crippen LogP contribution in [0.2, 0.25) is 0 Å². The number of aromatic carboxylic acids is 1. The fraction of sp³-hybridized carbons (Fsp3) is 0.333. The van der Waals surface area contributed by atoms with Gasteiger partial charge in [-0.2, -0.15) is 0 Å². The third-order valence-electron chi connectivity index (χ3n) is 5.11. The van der Waals surface area contributed by atoms with Crippen molar-refractivity contribution < 1.29 is 14.7 Å². The molecule has 1 amide bonds. The molecule has 152 valence electrons. The van der Waals surface area contributed by atoms with Crippen LogP contribution in [0.5, 0.6) is 0 Å². The van der Waals surface area contributed by atoms with Gasteiger partial charge >= 0.3 is 5.97 Å². The molecule has 2 aromatic heterocycles. The maximum Gasteiger partial charge on any atom is 0.346 e. The number of aromatic nitrogens is 2. The molecule has 3 aromatic rings. The molecule has 8 heteroatoms. The number of nitrogens with one attached hydrogen (secondary N) is 1. The molecular formula is C21H23N3O4S. The molecule has 0 saturated carbocycles. The Morgan fingerprint density at radius 3 is 2.41 bits per heavy atom. The Bertz CT molecular complexity index is 1140. The number of carboxylic acid groups (broad SMARTS) is 1. The van der Waals surface area contributed by atoms with Crippen molar-refractivity contribution in [2.45, 2.75) is 46.6 Å². The van der Waals surface area contributed by atoms with Gasteiger partial charge in [-0.05, 0) is 43.4 Å². The van der Waals surface area contributed by atoms with Gasteiger partial charge in [0.2, 0.25) is 5.91 Å². The zero-order chi connectivity index (χ0) is 21.3. The lowest BCUT2D eigenvalue weighted by molar-refractivity contribution is -0.118. The van der Waals surface area contributed by atoms with E-state index in [0.717, 1.165) is 41.0 Å². The molecule has 1 unspecified atom stereocenters. The highest BCUT2D eigenvalue weighted by Crippen LogP contribution is 2.27. The monoisotopic (exact) mass is 413 g/mol. The van der Waals surface area contributed by atoms with Gasteiger partial charge in [-0.1, -0.05) is 32.0 Å². The number of aryl methyl sites for hydroxylation is 3. The maximum absolute atomic E-state index is 13.0. The second kappa shape index (κ2) is 8.16. The number of para-hydroxylation sites is 1. The first-order valence-electron chi connectivity index (χ1n) is 9.45. The summed E-state index contributed by atoms with van der Waals surface area (Å²) in [6.07, 6.45) is 2.86. The SMILES string of the molecule is CCc1cccc(CC)c1NC(=O)C(C)n1cnc2sc(C(=O)O)c(C)c2c1=O. The van der Waals surface area contributed by atoms with Gasteiger partial charge in [0.1, 0.15) is 15.7 Å². The van der Waals surface area contributed by atoms with Gasteiger partial charge in [-0.3, -0.25) is 14.2 Å². The van der Waals surface area contributed by atoms with Crippen molar-refractivity contribution >= 4 is 39.1 Å². The summed E-state index contributed by atoms with van der Waals surface area (Å²) in [7, 11) is 0. The van der Waals surface area contributed by atoms with Crippen LogP contribution in [0.25, 0.3) is 10.2 Å². The summed E-state index contributed by atoms with van der Waals surface area (Å²) in [5.74, 6) is -1.42. The predicted molar refractivity (Wildman–Crippen MR) is 114 cm³/mol. The Labute approximate surface area is 172 Å². The first-order valence-corrected chi connectivity index (χ1v) is 10.3. The van der Waals surface area contributed by atoms with E-state index in [9.17, 15) is 19.5 Å². The quantitative estimate of drug-likeness (QED) is 0.640. The molecule has 0 spiro atoms. The van der Waals surface area contributed by atoms with Gasteiger partial charge in [0.15, 0.2) is 0 Å². The van der Waals surface area contributed by atoms with Gasteiger partial charge < -0.3 is 10.4 Å². The van der Waals surface area contributed by atoms with Crippen molar-refractivity contribution in [1.82, 2.24) is 9.55 Å². The smallest absolute Gasteiger partial charge is 0.346 e. The fourth-order valence-corrected chi connectivity index (χ4v) is 4.35. The fourth-order valence-electron chi connectivity index (χ4n) is 3.37. The topological polar surface area (TPSA) is 101 Å². The van der Waals surface area contributed by atoms with E-state index in [1.54, 1.807) is 13.8 Å². The van der Waals surface area contributed by atoms with Crippen LogP contribution in [0.15, 0.2) is 29.3 Å². The average molecular weight is 413 g/mol. The first kappa shape index (κ1) is 20.7. The second-order valence-electron chi connectivity index (χ2n) is 6.82. The van der Waals surface area contributed by atoms with E-state index < -0.39 is 17.6 Å². The zero-order valence-electron chi connectivity index (χ0n) is 16.8. The Kier molecular flexibility index (Phi) is 5.83. The number of benzene rings is 1. The van der Waals surface area contributed by atoms with Crippen LogP contribution in [0, 0.1) is 6.92 Å². The van der Waals surface area contributed by atoms with Crippen molar-refractivity contribution in [3.05, 3.63) is 56.4 Å². The number of anilines is 1. The number of carbonyl (C=O) groups is 2. The molecule has 29 heavy (non-hydrogen) atoms. The van der Waals surface area contributed by atoms with E-state index in [-0.39, 0.29) is 16.2 Å². The normalized spacial score (nSPS) is 12.1. The molecule has 0 fully saturated rings. The molecule has 2 heterocycles. The number of carbonyl (C=O) groups excluding carboxylic acids is 1. The predicted octanol–water partition coefficient (Wildman–Crippen LogP) is 3.79. The van der Waals surface area contributed by atoms with Crippen LogP contribution in [-0.2, 0) is 17.6 Å². The third-order valence-corrected chi connectivity index (χ3v) is 6.30. The summed E-state index contributed by atoms with van der Waals surface area (Å²) in [4.78, 5) is 42.0. The van der Waals surface area contributed by atoms with Crippen molar-refractivity contribution in [1.29, 1.82) is 0 Å². The van der Waals surface area contributed by atoms with Gasteiger partial charge in [0, 0.05) is 5.69 Å². The van der Waals surface area contributed by atoms with Crippen LogP contribution in [0.3, 0.4) is 0 Å². The molecule has 3 rings (SSSR count). The van der Waals surface area contributed by atoms with E-state index in [1.807, 2.05) is 32.0 Å². The number of thiophene rings is 1. The van der Waals surface area contributed by atoms with E-state index in [1.165, 1.54) is 10.9 Å². The summed E-state index contributed by atoms with van der Waals surface area (Å²) in [5.41, 5.74) is 2.81. The molecule has 0 aliphatic carbocycles. The molecular weight excluding hydrogens is 390 g/mol. The molecule has 0 aliphatic rings. The second-order valence-corrected chi connectivity index (χ2v) is 7.82. The van der Waals surface area contributed by atoms with E-state index in [4.69, 9.17) is 0 Å². The van der Waals surface area contributed by atoms with Crippen LogP contribution in [0.4, 0.5) is 5.69 Å². The largest absolute Gasteiger partial charge is 0.477 e. The van der Waals surface area contributed by atoms with Crippen molar-refractivity contribution in [3.63, 3.8) is 0 Å². The standard InChI is InChI=1S/C21H23N3O4S/c1-5-13-8-7-9-14(6-2)16(13)23-18(25)12(4)24-10-22-19-15(20(24)26)11(3)17(29-19)21(27)28/h7-10,12H,5-6H2,1-4H3,(H,23,25)(H,27,28). The van der Waals surface area contributed by atoms with Crippen molar-refractivity contribution in [3.8, 4) is 0 Å². The van der Waals surface area contributed by atoms with Gasteiger partial charge in [-0.15, -0.1) is 11.3 Å². The molecule has 0 bridgehead atoms. The van der Waals surface area contributed by atoms with E-state index >= 15 is 0 Å². The van der Waals surface area contributed by atoms with E-state index in [2.05, 4.69) is 10.3 Å². The first-order chi connectivity index (χ1) is 13.8. The molecule has 1 aromatic carbocycles. The Morgan fingerprint density at radius 1 is 1.24 bits per heavy atom. The van der Waals surface area contributed by atoms with Gasteiger partial charge in [0.05, 0.1) is 11.7 Å². The van der Waals surface area contributed by atoms with Crippen LogP contribution in [0.1, 0.15) is 53.2 Å². The van der Waals surface area contributed by atoms with Crippen LogP contribution in [-0.4, -0.2) is 26.5 Å². The molecule has 1 atom stereocenters. The average Bonchev–Trinajstić information content (AvgIpc) is 3.05. The molecule has 0 radical (unpaired) electrons. The molecule has 7 nitrogen and oxygen atoms in total. The minimum atomic E-state index is -1.09. The number of nitrogens with zero attached hydrogens (tertiary/aromatic N) is 2. The van der Waals surface area contributed by atoms with Crippen molar-refractivity contribution in [2.75, 3.05) is 5.32 Å². The molecule has 0 aliphatic heterocycles. The zero-order valence-corrected chi connectivity index (χ0v) is 17.6.